The number of halogens is 1. The third-order valence-electron chi connectivity index (χ3n) is 3.98. The monoisotopic (exact) mass is 337 g/mol. The zero-order valence-corrected chi connectivity index (χ0v) is 14.7. The lowest BCUT2D eigenvalue weighted by molar-refractivity contribution is -0.115. The molecule has 0 radical (unpaired) electrons. The standard InChI is InChI=1S/C17H24ClN3O2/c1-12(18)16(22)19-13-7-8-15(20(2)3)14(11-13)17(23)21-9-5-4-6-10-21/h7-8,11-12H,4-6,9-10H2,1-3H3,(H,19,22)/t12-/m0/s1. The number of nitrogens with zero attached hydrogens (tertiary/aromatic N) is 2. The molecule has 0 unspecified atom stereocenters. The SMILES string of the molecule is C[C@H](Cl)C(=O)Nc1ccc(N(C)C)c(C(=O)N2CCCCC2)c1. The van der Waals surface area contributed by atoms with Gasteiger partial charge < -0.3 is 15.1 Å². The molecule has 1 saturated heterocycles. The van der Waals surface area contributed by atoms with E-state index < -0.39 is 5.38 Å². The van der Waals surface area contributed by atoms with E-state index in [1.54, 1.807) is 19.1 Å². The van der Waals surface area contributed by atoms with E-state index in [0.717, 1.165) is 31.6 Å². The van der Waals surface area contributed by atoms with Crippen LogP contribution >= 0.6 is 11.6 Å². The van der Waals surface area contributed by atoms with Crippen LogP contribution in [0.1, 0.15) is 36.5 Å². The van der Waals surface area contributed by atoms with Crippen LogP contribution in [0.2, 0.25) is 0 Å². The first kappa shape index (κ1) is 17.6. The Hall–Kier alpha value is -1.75. The number of carbonyl (C=O) groups is 2. The summed E-state index contributed by atoms with van der Waals surface area (Å²) in [4.78, 5) is 28.4. The normalized spacial score (nSPS) is 15.9. The molecule has 1 aliphatic rings. The van der Waals surface area contributed by atoms with Crippen molar-refractivity contribution in [2.75, 3.05) is 37.4 Å². The fourth-order valence-corrected chi connectivity index (χ4v) is 2.74. The van der Waals surface area contributed by atoms with Gasteiger partial charge in [-0.2, -0.15) is 0 Å². The Morgan fingerprint density at radius 2 is 1.87 bits per heavy atom. The number of carbonyl (C=O) groups excluding carboxylic acids is 2. The number of rotatable bonds is 4. The van der Waals surface area contributed by atoms with Gasteiger partial charge in [0.15, 0.2) is 0 Å². The molecule has 2 amide bonds. The van der Waals surface area contributed by atoms with Crippen LogP contribution in [0.25, 0.3) is 0 Å². The number of benzene rings is 1. The molecule has 1 N–H and O–H groups in total. The van der Waals surface area contributed by atoms with Gasteiger partial charge in [0, 0.05) is 38.6 Å². The number of likely N-dealkylation sites (tertiary alicyclic amines) is 1. The Labute approximate surface area is 142 Å². The van der Waals surface area contributed by atoms with E-state index in [1.165, 1.54) is 6.42 Å². The summed E-state index contributed by atoms with van der Waals surface area (Å²) in [5.41, 5.74) is 2.04. The molecule has 2 rings (SSSR count). The molecule has 1 fully saturated rings. The number of hydrogen-bond donors (Lipinski definition) is 1. The third kappa shape index (κ3) is 4.38. The smallest absolute Gasteiger partial charge is 0.256 e. The first-order chi connectivity index (χ1) is 10.9. The van der Waals surface area contributed by atoms with Crippen LogP contribution in [0.15, 0.2) is 18.2 Å². The van der Waals surface area contributed by atoms with E-state index in [0.29, 0.717) is 11.3 Å². The van der Waals surface area contributed by atoms with Gasteiger partial charge in [0.1, 0.15) is 5.38 Å². The predicted octanol–water partition coefficient (Wildman–Crippen LogP) is 2.94. The molecule has 0 bridgehead atoms. The Kier molecular flexibility index (Phi) is 5.88. The molecular weight excluding hydrogens is 314 g/mol. The van der Waals surface area contributed by atoms with Crippen molar-refractivity contribution in [2.24, 2.45) is 0 Å². The first-order valence-electron chi connectivity index (χ1n) is 7.95. The molecule has 0 saturated carbocycles. The fourth-order valence-electron chi connectivity index (χ4n) is 2.68. The number of amides is 2. The number of anilines is 2. The first-order valence-corrected chi connectivity index (χ1v) is 8.39. The number of hydrogen-bond acceptors (Lipinski definition) is 3. The van der Waals surface area contributed by atoms with Crippen LogP contribution in [0.4, 0.5) is 11.4 Å². The molecule has 6 heteroatoms. The van der Waals surface area contributed by atoms with Crippen LogP contribution in [-0.2, 0) is 4.79 Å². The van der Waals surface area contributed by atoms with Crippen molar-refractivity contribution >= 4 is 34.8 Å². The molecule has 1 aliphatic heterocycles. The van der Waals surface area contributed by atoms with E-state index in [1.807, 2.05) is 30.0 Å². The molecule has 1 aromatic carbocycles. The maximum Gasteiger partial charge on any atom is 0.256 e. The Morgan fingerprint density at radius 1 is 1.22 bits per heavy atom. The van der Waals surface area contributed by atoms with Crippen molar-refractivity contribution in [3.8, 4) is 0 Å². The van der Waals surface area contributed by atoms with E-state index >= 15 is 0 Å². The van der Waals surface area contributed by atoms with Gasteiger partial charge in [-0.3, -0.25) is 9.59 Å². The zero-order valence-electron chi connectivity index (χ0n) is 13.9. The minimum atomic E-state index is -0.621. The Bertz CT molecular complexity index is 581. The quantitative estimate of drug-likeness (QED) is 0.859. The summed E-state index contributed by atoms with van der Waals surface area (Å²) >= 11 is 5.79. The zero-order chi connectivity index (χ0) is 17.0. The Balaban J connectivity index is 2.30. The summed E-state index contributed by atoms with van der Waals surface area (Å²) in [5, 5.41) is 2.12. The molecule has 23 heavy (non-hydrogen) atoms. The maximum absolute atomic E-state index is 12.9. The van der Waals surface area contributed by atoms with Crippen LogP contribution in [0.5, 0.6) is 0 Å². The van der Waals surface area contributed by atoms with E-state index in [2.05, 4.69) is 5.32 Å². The van der Waals surface area contributed by atoms with Crippen molar-refractivity contribution in [1.82, 2.24) is 4.90 Å². The predicted molar refractivity (Wildman–Crippen MR) is 94.5 cm³/mol. The minimum Gasteiger partial charge on any atom is -0.377 e. The van der Waals surface area contributed by atoms with Crippen molar-refractivity contribution in [1.29, 1.82) is 0 Å². The molecular formula is C17H24ClN3O2. The lowest BCUT2D eigenvalue weighted by Gasteiger charge is -2.28. The highest BCUT2D eigenvalue weighted by Crippen LogP contribution is 2.26. The molecule has 5 nitrogen and oxygen atoms in total. The maximum atomic E-state index is 12.9. The molecule has 1 aromatic rings. The van der Waals surface area contributed by atoms with Gasteiger partial charge in [-0.1, -0.05) is 0 Å². The highest BCUT2D eigenvalue weighted by Gasteiger charge is 2.22. The average molecular weight is 338 g/mol. The van der Waals surface area contributed by atoms with Crippen LogP contribution < -0.4 is 10.2 Å². The van der Waals surface area contributed by atoms with Gasteiger partial charge in [-0.15, -0.1) is 11.6 Å². The number of nitrogens with one attached hydrogen (secondary N) is 1. The number of alkyl halides is 1. The van der Waals surface area contributed by atoms with Crippen LogP contribution in [0.3, 0.4) is 0 Å². The van der Waals surface area contributed by atoms with Gasteiger partial charge in [-0.05, 0) is 44.4 Å². The van der Waals surface area contributed by atoms with Crippen molar-refractivity contribution in [3.63, 3.8) is 0 Å². The van der Waals surface area contributed by atoms with Crippen molar-refractivity contribution < 1.29 is 9.59 Å². The Morgan fingerprint density at radius 3 is 2.43 bits per heavy atom. The summed E-state index contributed by atoms with van der Waals surface area (Å²) < 4.78 is 0. The fraction of sp³-hybridized carbons (Fsp3) is 0.529. The van der Waals surface area contributed by atoms with E-state index in [4.69, 9.17) is 11.6 Å². The van der Waals surface area contributed by atoms with E-state index in [-0.39, 0.29) is 11.8 Å². The largest absolute Gasteiger partial charge is 0.377 e. The molecule has 1 heterocycles. The molecule has 0 spiro atoms. The lowest BCUT2D eigenvalue weighted by Crippen LogP contribution is -2.36. The molecule has 126 valence electrons. The highest BCUT2D eigenvalue weighted by atomic mass is 35.5. The highest BCUT2D eigenvalue weighted by molar-refractivity contribution is 6.32. The van der Waals surface area contributed by atoms with Gasteiger partial charge in [-0.25, -0.2) is 0 Å². The van der Waals surface area contributed by atoms with Gasteiger partial charge in [0.2, 0.25) is 5.91 Å². The second-order valence-corrected chi connectivity index (χ2v) is 6.74. The molecule has 0 aromatic heterocycles. The summed E-state index contributed by atoms with van der Waals surface area (Å²) in [5.74, 6) is -0.260. The van der Waals surface area contributed by atoms with Gasteiger partial charge in [0.25, 0.3) is 5.91 Å². The average Bonchev–Trinajstić information content (AvgIpc) is 2.54. The summed E-state index contributed by atoms with van der Waals surface area (Å²) in [6.07, 6.45) is 3.26. The second-order valence-electron chi connectivity index (χ2n) is 6.08. The number of piperidine rings is 1. The van der Waals surface area contributed by atoms with Crippen LogP contribution in [-0.4, -0.2) is 49.3 Å². The van der Waals surface area contributed by atoms with Crippen molar-refractivity contribution in [2.45, 2.75) is 31.6 Å². The van der Waals surface area contributed by atoms with Crippen molar-refractivity contribution in [3.05, 3.63) is 23.8 Å². The summed E-state index contributed by atoms with van der Waals surface area (Å²) in [6, 6.07) is 5.38. The van der Waals surface area contributed by atoms with Crippen LogP contribution in [0, 0.1) is 0 Å². The summed E-state index contributed by atoms with van der Waals surface area (Å²) in [7, 11) is 3.81. The molecule has 0 aliphatic carbocycles. The topological polar surface area (TPSA) is 52.7 Å². The molecule has 1 atom stereocenters. The minimum absolute atomic E-state index is 0.0171. The van der Waals surface area contributed by atoms with Gasteiger partial charge in [0.05, 0.1) is 5.56 Å². The van der Waals surface area contributed by atoms with E-state index in [9.17, 15) is 9.59 Å². The summed E-state index contributed by atoms with van der Waals surface area (Å²) in [6.45, 7) is 3.20. The lowest BCUT2D eigenvalue weighted by atomic mass is 10.1. The second kappa shape index (κ2) is 7.68. The van der Waals surface area contributed by atoms with Gasteiger partial charge >= 0.3 is 0 Å². The third-order valence-corrected chi connectivity index (χ3v) is 4.18.